The third-order valence-corrected chi connectivity index (χ3v) is 3.37. The molecule has 0 spiro atoms. The number of rotatable bonds is 2. The molecule has 1 rings (SSSR count). The smallest absolute Gasteiger partial charge is 0.0222 e. The SMILES string of the molecule is CC1NCCN([C@H](C)C(C)N)C1C. The van der Waals surface area contributed by atoms with Crippen LogP contribution in [0.3, 0.4) is 0 Å². The van der Waals surface area contributed by atoms with Crippen molar-refractivity contribution in [2.45, 2.75) is 51.9 Å². The van der Waals surface area contributed by atoms with Crippen molar-refractivity contribution in [1.29, 1.82) is 0 Å². The van der Waals surface area contributed by atoms with Crippen LogP contribution in [-0.4, -0.2) is 42.2 Å². The average Bonchev–Trinajstić information content (AvgIpc) is 2.08. The molecule has 4 atom stereocenters. The zero-order valence-electron chi connectivity index (χ0n) is 9.25. The summed E-state index contributed by atoms with van der Waals surface area (Å²) in [7, 11) is 0. The van der Waals surface area contributed by atoms with Gasteiger partial charge in [0.2, 0.25) is 0 Å². The van der Waals surface area contributed by atoms with Gasteiger partial charge in [-0.2, -0.15) is 0 Å². The maximum Gasteiger partial charge on any atom is 0.0222 e. The van der Waals surface area contributed by atoms with E-state index >= 15 is 0 Å². The van der Waals surface area contributed by atoms with Crippen molar-refractivity contribution in [3.63, 3.8) is 0 Å². The molecule has 1 heterocycles. The summed E-state index contributed by atoms with van der Waals surface area (Å²) < 4.78 is 0. The highest BCUT2D eigenvalue weighted by Gasteiger charge is 2.28. The van der Waals surface area contributed by atoms with Crippen molar-refractivity contribution in [3.05, 3.63) is 0 Å². The number of hydrogen-bond acceptors (Lipinski definition) is 3. The highest BCUT2D eigenvalue weighted by Crippen LogP contribution is 2.13. The summed E-state index contributed by atoms with van der Waals surface area (Å²) in [6.45, 7) is 11.0. The van der Waals surface area contributed by atoms with Gasteiger partial charge in [-0.15, -0.1) is 0 Å². The summed E-state index contributed by atoms with van der Waals surface area (Å²) in [5.41, 5.74) is 5.91. The minimum absolute atomic E-state index is 0.257. The van der Waals surface area contributed by atoms with E-state index in [2.05, 4.69) is 37.9 Å². The molecule has 3 heteroatoms. The number of hydrogen-bond donors (Lipinski definition) is 2. The Labute approximate surface area is 81.7 Å². The fourth-order valence-corrected chi connectivity index (χ4v) is 1.96. The molecule has 0 saturated carbocycles. The number of nitrogens with one attached hydrogen (secondary N) is 1. The third kappa shape index (κ3) is 2.42. The second-order valence-electron chi connectivity index (χ2n) is 4.32. The van der Waals surface area contributed by atoms with Gasteiger partial charge in [0.05, 0.1) is 0 Å². The topological polar surface area (TPSA) is 41.3 Å². The van der Waals surface area contributed by atoms with Gasteiger partial charge in [0, 0.05) is 37.3 Å². The molecule has 0 aromatic carbocycles. The van der Waals surface area contributed by atoms with E-state index < -0.39 is 0 Å². The minimum atomic E-state index is 0.257. The number of nitrogens with two attached hydrogens (primary N) is 1. The predicted octanol–water partition coefficient (Wildman–Crippen LogP) is 0.404. The Hall–Kier alpha value is -0.120. The van der Waals surface area contributed by atoms with Gasteiger partial charge in [0.1, 0.15) is 0 Å². The fraction of sp³-hybridized carbons (Fsp3) is 1.00. The Bertz CT molecular complexity index is 154. The van der Waals surface area contributed by atoms with Gasteiger partial charge in [0.25, 0.3) is 0 Å². The van der Waals surface area contributed by atoms with Gasteiger partial charge in [-0.05, 0) is 27.7 Å². The van der Waals surface area contributed by atoms with Crippen molar-refractivity contribution in [2.75, 3.05) is 13.1 Å². The summed E-state index contributed by atoms with van der Waals surface area (Å²) >= 11 is 0. The van der Waals surface area contributed by atoms with E-state index in [9.17, 15) is 0 Å². The molecule has 3 unspecified atom stereocenters. The van der Waals surface area contributed by atoms with E-state index in [0.717, 1.165) is 13.1 Å². The second-order valence-corrected chi connectivity index (χ2v) is 4.32. The van der Waals surface area contributed by atoms with E-state index in [4.69, 9.17) is 5.73 Å². The average molecular weight is 185 g/mol. The van der Waals surface area contributed by atoms with Crippen molar-refractivity contribution in [3.8, 4) is 0 Å². The highest BCUT2D eigenvalue weighted by molar-refractivity contribution is 4.88. The van der Waals surface area contributed by atoms with Gasteiger partial charge in [-0.25, -0.2) is 0 Å². The van der Waals surface area contributed by atoms with Crippen LogP contribution in [0.5, 0.6) is 0 Å². The Morgan fingerprint density at radius 1 is 1.38 bits per heavy atom. The quantitative estimate of drug-likeness (QED) is 0.654. The molecule has 1 fully saturated rings. The zero-order valence-corrected chi connectivity index (χ0v) is 9.25. The Kier molecular flexibility index (Phi) is 3.71. The van der Waals surface area contributed by atoms with Crippen LogP contribution in [0.1, 0.15) is 27.7 Å². The van der Waals surface area contributed by atoms with Crippen molar-refractivity contribution < 1.29 is 0 Å². The highest BCUT2D eigenvalue weighted by atomic mass is 15.3. The lowest BCUT2D eigenvalue weighted by molar-refractivity contribution is 0.0866. The molecule has 1 aliphatic heterocycles. The first kappa shape index (κ1) is 11.0. The van der Waals surface area contributed by atoms with Crippen LogP contribution in [0, 0.1) is 0 Å². The van der Waals surface area contributed by atoms with Gasteiger partial charge < -0.3 is 11.1 Å². The normalized spacial score (nSPS) is 35.8. The molecule has 0 amide bonds. The third-order valence-electron chi connectivity index (χ3n) is 3.37. The minimum Gasteiger partial charge on any atom is -0.327 e. The largest absolute Gasteiger partial charge is 0.327 e. The summed E-state index contributed by atoms with van der Waals surface area (Å²) in [4.78, 5) is 2.51. The standard InChI is InChI=1S/C10H23N3/c1-7(11)9(3)13-6-5-12-8(2)10(13)4/h7-10,12H,5-6,11H2,1-4H3/t7?,8?,9-,10?/m1/s1. The monoisotopic (exact) mass is 185 g/mol. The Morgan fingerprint density at radius 3 is 2.54 bits per heavy atom. The number of piperazine rings is 1. The van der Waals surface area contributed by atoms with Crippen molar-refractivity contribution >= 4 is 0 Å². The maximum absolute atomic E-state index is 5.91. The van der Waals surface area contributed by atoms with Crippen LogP contribution < -0.4 is 11.1 Å². The summed E-state index contributed by atoms with van der Waals surface area (Å²) in [6, 6.07) is 1.91. The van der Waals surface area contributed by atoms with Crippen LogP contribution >= 0.6 is 0 Å². The van der Waals surface area contributed by atoms with Crippen LogP contribution in [0.2, 0.25) is 0 Å². The summed E-state index contributed by atoms with van der Waals surface area (Å²) in [5, 5.41) is 3.47. The lowest BCUT2D eigenvalue weighted by Gasteiger charge is -2.43. The Balaban J connectivity index is 2.57. The Morgan fingerprint density at radius 2 is 2.00 bits per heavy atom. The molecular formula is C10H23N3. The summed E-state index contributed by atoms with van der Waals surface area (Å²) in [5.74, 6) is 0. The van der Waals surface area contributed by atoms with Crippen LogP contribution in [0.4, 0.5) is 0 Å². The molecule has 0 bridgehead atoms. The molecule has 0 aromatic heterocycles. The first-order valence-electron chi connectivity index (χ1n) is 5.28. The van der Waals surface area contributed by atoms with Gasteiger partial charge >= 0.3 is 0 Å². The number of nitrogens with zero attached hydrogens (tertiary/aromatic N) is 1. The maximum atomic E-state index is 5.91. The molecule has 1 aliphatic rings. The molecular weight excluding hydrogens is 162 g/mol. The lowest BCUT2D eigenvalue weighted by atomic mass is 10.0. The first-order chi connectivity index (χ1) is 6.04. The van der Waals surface area contributed by atoms with Crippen LogP contribution in [0.15, 0.2) is 0 Å². The van der Waals surface area contributed by atoms with E-state index in [1.165, 1.54) is 0 Å². The van der Waals surface area contributed by atoms with E-state index in [0.29, 0.717) is 18.1 Å². The van der Waals surface area contributed by atoms with E-state index in [-0.39, 0.29) is 6.04 Å². The van der Waals surface area contributed by atoms with Gasteiger partial charge in [0.15, 0.2) is 0 Å². The zero-order chi connectivity index (χ0) is 10.0. The predicted molar refractivity (Wildman–Crippen MR) is 56.7 cm³/mol. The van der Waals surface area contributed by atoms with E-state index in [1.54, 1.807) is 0 Å². The van der Waals surface area contributed by atoms with Crippen molar-refractivity contribution in [2.24, 2.45) is 5.73 Å². The van der Waals surface area contributed by atoms with Crippen LogP contribution in [-0.2, 0) is 0 Å². The molecule has 3 nitrogen and oxygen atoms in total. The summed E-state index contributed by atoms with van der Waals surface area (Å²) in [6.07, 6.45) is 0. The van der Waals surface area contributed by atoms with E-state index in [1.807, 2.05) is 0 Å². The fourth-order valence-electron chi connectivity index (χ4n) is 1.96. The lowest BCUT2D eigenvalue weighted by Crippen LogP contribution is -2.60. The molecule has 0 aromatic rings. The molecule has 78 valence electrons. The molecule has 0 aliphatic carbocycles. The first-order valence-corrected chi connectivity index (χ1v) is 5.28. The van der Waals surface area contributed by atoms with Gasteiger partial charge in [-0.1, -0.05) is 0 Å². The molecule has 0 radical (unpaired) electrons. The second kappa shape index (κ2) is 4.40. The van der Waals surface area contributed by atoms with Crippen LogP contribution in [0.25, 0.3) is 0 Å². The molecule has 3 N–H and O–H groups in total. The van der Waals surface area contributed by atoms with Gasteiger partial charge in [-0.3, -0.25) is 4.90 Å². The molecule has 13 heavy (non-hydrogen) atoms. The molecule has 1 saturated heterocycles. The van der Waals surface area contributed by atoms with Crippen molar-refractivity contribution in [1.82, 2.24) is 10.2 Å².